The van der Waals surface area contributed by atoms with Crippen molar-refractivity contribution in [2.24, 2.45) is 0 Å². The summed E-state index contributed by atoms with van der Waals surface area (Å²) in [6.45, 7) is 0. The van der Waals surface area contributed by atoms with E-state index in [-0.39, 0.29) is 16.1 Å². The number of carbonyl (C=O) groups excluding carboxylic acids is 1. The Morgan fingerprint density at radius 1 is 1.10 bits per heavy atom. The number of rotatable bonds is 7. The highest BCUT2D eigenvalue weighted by atomic mass is 32.2. The zero-order chi connectivity index (χ0) is 21.8. The third-order valence-corrected chi connectivity index (χ3v) is 5.78. The first-order chi connectivity index (χ1) is 13.5. The summed E-state index contributed by atoms with van der Waals surface area (Å²) in [6, 6.07) is 4.27. The summed E-state index contributed by atoms with van der Waals surface area (Å²) in [5, 5.41) is 11.8. The minimum Gasteiger partial charge on any atom is -0.507 e. The maximum Gasteiger partial charge on any atom is 0.339 e. The minimum absolute atomic E-state index is 0.0444. The van der Waals surface area contributed by atoms with E-state index in [1.54, 1.807) is 0 Å². The van der Waals surface area contributed by atoms with E-state index in [1.165, 1.54) is 32.4 Å². The lowest BCUT2D eigenvalue weighted by molar-refractivity contribution is 0.238. The van der Waals surface area contributed by atoms with Crippen molar-refractivity contribution < 1.29 is 40.8 Å². The van der Waals surface area contributed by atoms with E-state index >= 15 is 0 Å². The number of carbonyl (C=O) groups is 1. The number of benzene rings is 1. The number of ether oxygens (including phenoxy) is 2. The number of amides is 2. The highest BCUT2D eigenvalue weighted by Crippen LogP contribution is 2.26. The monoisotopic (exact) mass is 448 g/mol. The minimum atomic E-state index is -4.98. The SMILES string of the molecule is COc1cc(OC)nc(NC(=O)N(CS(=O)(=O)O)S(=O)(=O)c2ccccc2O)n1. The zero-order valence-electron chi connectivity index (χ0n) is 15.0. The summed E-state index contributed by atoms with van der Waals surface area (Å²) in [7, 11) is -7.35. The molecule has 1 aromatic heterocycles. The van der Waals surface area contributed by atoms with Gasteiger partial charge in [0.15, 0.2) is 5.88 Å². The molecule has 13 nitrogen and oxygen atoms in total. The summed E-state index contributed by atoms with van der Waals surface area (Å²) in [6.07, 6.45) is 0. The number of nitrogens with zero attached hydrogens (tertiary/aromatic N) is 3. The fourth-order valence-electron chi connectivity index (χ4n) is 2.01. The van der Waals surface area contributed by atoms with Crippen molar-refractivity contribution in [1.29, 1.82) is 0 Å². The fourth-order valence-corrected chi connectivity index (χ4v) is 4.46. The van der Waals surface area contributed by atoms with Crippen LogP contribution >= 0.6 is 0 Å². The fraction of sp³-hybridized carbons (Fsp3) is 0.214. The molecule has 0 saturated heterocycles. The molecular formula is C14H16N4O9S2. The van der Waals surface area contributed by atoms with Crippen molar-refractivity contribution in [3.63, 3.8) is 0 Å². The standard InChI is InChI=1S/C14H16N4O9S2/c1-26-11-7-12(27-2)16-13(15-11)17-14(20)18(8-28(21,22)23)29(24,25)10-6-4-3-5-9(10)19/h3-7,19H,8H2,1-2H3,(H,21,22,23)(H,15,16,17,20). The smallest absolute Gasteiger partial charge is 0.339 e. The van der Waals surface area contributed by atoms with Crippen LogP contribution in [0.15, 0.2) is 35.2 Å². The van der Waals surface area contributed by atoms with Crippen LogP contribution in [0, 0.1) is 0 Å². The van der Waals surface area contributed by atoms with Crippen LogP contribution in [-0.4, -0.2) is 66.9 Å². The van der Waals surface area contributed by atoms with E-state index in [1.807, 2.05) is 5.32 Å². The first-order valence-corrected chi connectivity index (χ1v) is 10.6. The second-order valence-corrected chi connectivity index (χ2v) is 8.49. The van der Waals surface area contributed by atoms with E-state index in [0.29, 0.717) is 0 Å². The van der Waals surface area contributed by atoms with Crippen LogP contribution in [0.5, 0.6) is 17.5 Å². The summed E-state index contributed by atoms with van der Waals surface area (Å²) >= 11 is 0. The molecular weight excluding hydrogens is 432 g/mol. The van der Waals surface area contributed by atoms with Gasteiger partial charge in [-0.15, -0.1) is 0 Å². The lowest BCUT2D eigenvalue weighted by Gasteiger charge is -2.21. The van der Waals surface area contributed by atoms with Gasteiger partial charge in [0.25, 0.3) is 20.1 Å². The van der Waals surface area contributed by atoms with Crippen LogP contribution in [0.4, 0.5) is 10.7 Å². The van der Waals surface area contributed by atoms with Crippen molar-refractivity contribution in [2.45, 2.75) is 4.90 Å². The number of phenols is 1. The number of phenolic OH excluding ortho intramolecular Hbond substituents is 1. The number of methoxy groups -OCH3 is 2. The molecule has 0 spiro atoms. The molecule has 3 N–H and O–H groups in total. The Balaban J connectivity index is 2.48. The van der Waals surface area contributed by atoms with Crippen molar-refractivity contribution >= 4 is 32.1 Å². The molecule has 0 aliphatic heterocycles. The predicted molar refractivity (Wildman–Crippen MR) is 97.7 cm³/mol. The van der Waals surface area contributed by atoms with Gasteiger partial charge in [0, 0.05) is 0 Å². The number of aromatic nitrogens is 2. The Hall–Kier alpha value is -3.17. The summed E-state index contributed by atoms with van der Waals surface area (Å²) in [4.78, 5) is 19.3. The van der Waals surface area contributed by atoms with Crippen LogP contribution in [-0.2, 0) is 20.1 Å². The number of hydrogen-bond donors (Lipinski definition) is 3. The number of hydrogen-bond acceptors (Lipinski definition) is 10. The Kier molecular flexibility index (Phi) is 6.45. The molecule has 158 valence electrons. The molecule has 1 aromatic carbocycles. The number of aromatic hydroxyl groups is 1. The normalized spacial score (nSPS) is 11.6. The number of para-hydroxylation sites is 1. The average molecular weight is 448 g/mol. The van der Waals surface area contributed by atoms with Crippen LogP contribution in [0.2, 0.25) is 0 Å². The molecule has 15 heteroatoms. The van der Waals surface area contributed by atoms with Crippen LogP contribution in [0.25, 0.3) is 0 Å². The maximum absolute atomic E-state index is 12.7. The van der Waals surface area contributed by atoms with Crippen molar-refractivity contribution in [3.05, 3.63) is 30.3 Å². The maximum atomic E-state index is 12.7. The van der Waals surface area contributed by atoms with E-state index < -0.39 is 48.6 Å². The predicted octanol–water partition coefficient (Wildman–Crippen LogP) is 0.267. The van der Waals surface area contributed by atoms with Gasteiger partial charge in [0.1, 0.15) is 10.6 Å². The van der Waals surface area contributed by atoms with Gasteiger partial charge in [0.2, 0.25) is 17.7 Å². The number of anilines is 1. The quantitative estimate of drug-likeness (QED) is 0.494. The highest BCUT2D eigenvalue weighted by molar-refractivity contribution is 7.91. The molecule has 0 atom stereocenters. The summed E-state index contributed by atoms with van der Waals surface area (Å²) in [5.74, 6) is -2.93. The second kappa shape index (κ2) is 8.46. The van der Waals surface area contributed by atoms with E-state index in [2.05, 4.69) is 9.97 Å². The summed E-state index contributed by atoms with van der Waals surface area (Å²) in [5.41, 5.74) is 0. The molecule has 1 heterocycles. The van der Waals surface area contributed by atoms with Crippen molar-refractivity contribution in [3.8, 4) is 17.5 Å². The molecule has 2 rings (SSSR count). The molecule has 2 amide bonds. The van der Waals surface area contributed by atoms with Gasteiger partial charge < -0.3 is 14.6 Å². The van der Waals surface area contributed by atoms with E-state index in [4.69, 9.17) is 14.0 Å². The largest absolute Gasteiger partial charge is 0.507 e. The Labute approximate surface area is 165 Å². The Bertz CT molecular complexity index is 1100. The molecule has 2 aromatic rings. The number of nitrogens with one attached hydrogen (secondary N) is 1. The average Bonchev–Trinajstić information content (AvgIpc) is 2.65. The summed E-state index contributed by atoms with van der Waals surface area (Å²) < 4.78 is 66.8. The van der Waals surface area contributed by atoms with Gasteiger partial charge in [0.05, 0.1) is 20.3 Å². The Morgan fingerprint density at radius 2 is 1.66 bits per heavy atom. The van der Waals surface area contributed by atoms with E-state index in [0.717, 1.165) is 12.1 Å². The molecule has 0 bridgehead atoms. The first kappa shape index (κ1) is 22.1. The van der Waals surface area contributed by atoms with Crippen LogP contribution in [0.1, 0.15) is 0 Å². The van der Waals surface area contributed by atoms with Gasteiger partial charge in [-0.3, -0.25) is 9.87 Å². The van der Waals surface area contributed by atoms with Gasteiger partial charge in [-0.25, -0.2) is 13.2 Å². The number of sulfonamides is 1. The zero-order valence-corrected chi connectivity index (χ0v) is 16.6. The molecule has 0 fully saturated rings. The second-order valence-electron chi connectivity index (χ2n) is 5.24. The molecule has 0 unspecified atom stereocenters. The molecule has 0 aliphatic carbocycles. The highest BCUT2D eigenvalue weighted by Gasteiger charge is 2.35. The molecule has 0 saturated carbocycles. The lowest BCUT2D eigenvalue weighted by Crippen LogP contribution is -2.43. The van der Waals surface area contributed by atoms with Crippen molar-refractivity contribution in [2.75, 3.05) is 25.4 Å². The Morgan fingerprint density at radius 3 is 2.14 bits per heavy atom. The third kappa shape index (κ3) is 5.43. The van der Waals surface area contributed by atoms with Crippen LogP contribution in [0.3, 0.4) is 0 Å². The number of urea groups is 1. The van der Waals surface area contributed by atoms with Gasteiger partial charge >= 0.3 is 6.03 Å². The lowest BCUT2D eigenvalue weighted by atomic mass is 10.3. The van der Waals surface area contributed by atoms with Gasteiger partial charge in [-0.05, 0) is 12.1 Å². The molecule has 0 radical (unpaired) electrons. The van der Waals surface area contributed by atoms with Crippen molar-refractivity contribution in [1.82, 2.24) is 14.3 Å². The molecule has 0 aliphatic rings. The van der Waals surface area contributed by atoms with E-state index in [9.17, 15) is 26.7 Å². The topological polar surface area (TPSA) is 185 Å². The van der Waals surface area contributed by atoms with Gasteiger partial charge in [-0.1, -0.05) is 12.1 Å². The molecule has 29 heavy (non-hydrogen) atoms. The third-order valence-electron chi connectivity index (χ3n) is 3.26. The first-order valence-electron chi connectivity index (χ1n) is 7.52. The van der Waals surface area contributed by atoms with Crippen LogP contribution < -0.4 is 14.8 Å². The van der Waals surface area contributed by atoms with Gasteiger partial charge in [-0.2, -0.15) is 22.7 Å².